The highest BCUT2D eigenvalue weighted by Crippen LogP contribution is 2.36. The van der Waals surface area contributed by atoms with Gasteiger partial charge in [-0.3, -0.25) is 18.7 Å². The minimum atomic E-state index is -4.57. The van der Waals surface area contributed by atoms with Gasteiger partial charge in [-0.05, 0) is 66.7 Å². The average molecular weight is 1480 g/mol. The minimum absolute atomic E-state index is 0.0636. The lowest BCUT2D eigenvalue weighted by molar-refractivity contribution is -0.142. The first-order valence-corrected chi connectivity index (χ1v) is 29.5. The fourth-order valence-corrected chi connectivity index (χ4v) is 9.17. The van der Waals surface area contributed by atoms with Gasteiger partial charge in [-0.15, -0.1) is 0 Å². The van der Waals surface area contributed by atoms with Crippen molar-refractivity contribution in [2.75, 3.05) is 10.6 Å². The van der Waals surface area contributed by atoms with Crippen molar-refractivity contribution < 1.29 is 88.5 Å². The monoisotopic (exact) mass is 1480 g/mol. The highest BCUT2D eigenvalue weighted by Gasteiger charge is 2.38. The Morgan fingerprint density at radius 2 is 0.631 bits per heavy atom. The first kappa shape index (κ1) is 75.5. The smallest absolute Gasteiger partial charge is 0.435 e. The second kappa shape index (κ2) is 31.9. The van der Waals surface area contributed by atoms with Gasteiger partial charge >= 0.3 is 36.7 Å². The minimum Gasteiger partial charge on any atom is -0.458 e. The van der Waals surface area contributed by atoms with Gasteiger partial charge in [-0.25, -0.2) is 66.2 Å². The lowest BCUT2D eigenvalue weighted by Gasteiger charge is -2.07. The Hall–Kier alpha value is -11.7. The lowest BCUT2D eigenvalue weighted by Crippen LogP contribution is -2.07. The van der Waals surface area contributed by atoms with Gasteiger partial charge in [0.15, 0.2) is 22.8 Å². The normalized spacial score (nSPS) is 11.6. The molecule has 8 heterocycles. The van der Waals surface area contributed by atoms with Crippen LogP contribution in [0.3, 0.4) is 0 Å². The van der Waals surface area contributed by atoms with Gasteiger partial charge < -0.3 is 20.1 Å². The van der Waals surface area contributed by atoms with E-state index >= 15 is 0 Å². The summed E-state index contributed by atoms with van der Waals surface area (Å²) in [7, 11) is 5.53. The summed E-state index contributed by atoms with van der Waals surface area (Å²) >= 11 is 5.90. The third kappa shape index (κ3) is 19.6. The van der Waals surface area contributed by atoms with E-state index in [1.165, 1.54) is 114 Å². The van der Waals surface area contributed by atoms with Gasteiger partial charge in [-0.1, -0.05) is 48.0 Å². The Kier molecular flexibility index (Phi) is 23.3. The molecule has 4 aromatic carbocycles. The molecule has 0 saturated carbocycles. The van der Waals surface area contributed by atoms with E-state index in [2.05, 4.69) is 70.9 Å². The highest BCUT2D eigenvalue weighted by atomic mass is 35.5. The molecule has 0 spiro atoms. The van der Waals surface area contributed by atoms with Crippen molar-refractivity contribution in [3.8, 4) is 57.1 Å². The van der Waals surface area contributed by atoms with Gasteiger partial charge in [0.05, 0.1) is 33.4 Å². The summed E-state index contributed by atoms with van der Waals surface area (Å²) in [6.07, 6.45) is -7.77. The molecule has 0 unspecified atom stereocenters. The van der Waals surface area contributed by atoms with Gasteiger partial charge in [0.2, 0.25) is 11.9 Å². The van der Waals surface area contributed by atoms with Crippen LogP contribution in [-0.2, 0) is 79.2 Å². The predicted molar refractivity (Wildman–Crippen MR) is 331 cm³/mol. The Balaban J connectivity index is 0.000000160. The van der Waals surface area contributed by atoms with Crippen molar-refractivity contribution in [2.45, 2.75) is 51.0 Å². The molecular weight excluding hydrogens is 1430 g/mol. The first-order valence-electron chi connectivity index (χ1n) is 29.1. The zero-order valence-electron chi connectivity index (χ0n) is 52.9. The molecule has 0 atom stereocenters. The number of aryl methyl sites for hydroxylation is 4. The summed E-state index contributed by atoms with van der Waals surface area (Å²) in [6, 6.07) is 20.8. The maximum absolute atomic E-state index is 13.7. The molecule has 39 heteroatoms. The number of rotatable bonds is 16. The molecule has 12 rings (SSSR count). The average Bonchev–Trinajstić information content (AvgIpc) is 1.70. The number of halogens is 19. The van der Waals surface area contributed by atoms with Crippen LogP contribution in [0, 0.1) is 34.9 Å². The number of hydrogen-bond acceptors (Lipinski definition) is 16. The largest absolute Gasteiger partial charge is 0.458 e. The number of aromatic nitrogens is 16. The summed E-state index contributed by atoms with van der Waals surface area (Å²) < 4.78 is 249. The molecule has 0 aliphatic rings. The number of nitrogens with one attached hydrogen (secondary N) is 2. The van der Waals surface area contributed by atoms with Gasteiger partial charge in [0, 0.05) is 130 Å². The van der Waals surface area contributed by atoms with E-state index in [9.17, 15) is 79.0 Å². The third-order valence-corrected chi connectivity index (χ3v) is 14.5. The van der Waals surface area contributed by atoms with E-state index in [1.54, 1.807) is 18.2 Å². The van der Waals surface area contributed by atoms with Crippen LogP contribution >= 0.6 is 11.6 Å². The maximum Gasteiger partial charge on any atom is 0.435 e. The van der Waals surface area contributed by atoms with Crippen molar-refractivity contribution in [2.24, 2.45) is 28.2 Å². The molecule has 0 aliphatic heterocycles. The number of ether oxygens (including phenoxy) is 2. The van der Waals surface area contributed by atoms with Crippen LogP contribution in [0.25, 0.3) is 45.0 Å². The molecule has 0 bridgehead atoms. The fraction of sp³-hybridized carbons (Fsp3) is 0.188. The van der Waals surface area contributed by atoms with Crippen LogP contribution < -0.4 is 20.1 Å². The molecule has 12 aromatic rings. The number of hydrogen-bond donors (Lipinski definition) is 2. The third-order valence-electron chi connectivity index (χ3n) is 14.1. The summed E-state index contributed by atoms with van der Waals surface area (Å²) in [4.78, 5) is 31.5. The Morgan fingerprint density at radius 1 is 0.350 bits per heavy atom. The lowest BCUT2D eigenvalue weighted by atomic mass is 10.2. The number of nitrogens with zero attached hydrogens (tertiary/aromatic N) is 16. The second-order valence-corrected chi connectivity index (χ2v) is 21.6. The van der Waals surface area contributed by atoms with Crippen LogP contribution in [0.15, 0.2) is 153 Å². The number of alkyl halides is 12. The van der Waals surface area contributed by atoms with Crippen LogP contribution in [0.5, 0.6) is 12.0 Å². The van der Waals surface area contributed by atoms with Crippen molar-refractivity contribution in [1.82, 2.24) is 79.0 Å². The van der Waals surface area contributed by atoms with Gasteiger partial charge in [-0.2, -0.15) is 73.1 Å². The quantitative estimate of drug-likeness (QED) is 0.0860. The molecule has 2 N–H and O–H groups in total. The Labute approximate surface area is 573 Å². The van der Waals surface area contributed by atoms with Crippen molar-refractivity contribution >= 4 is 23.5 Å². The molecule has 0 fully saturated rings. The van der Waals surface area contributed by atoms with E-state index in [0.29, 0.717) is 22.3 Å². The molecule has 8 aromatic heterocycles. The Bertz CT molecular complexity index is 4430. The predicted octanol–water partition coefficient (Wildman–Crippen LogP) is 15.5. The number of anilines is 2. The Morgan fingerprint density at radius 3 is 0.951 bits per heavy atom. The number of benzene rings is 4. The maximum atomic E-state index is 13.7. The molecule has 0 saturated heterocycles. The molecule has 0 amide bonds. The summed E-state index contributed by atoms with van der Waals surface area (Å²) in [5.74, 6) is -3.50. The van der Waals surface area contributed by atoms with Crippen molar-refractivity contribution in [3.05, 3.63) is 238 Å². The van der Waals surface area contributed by atoms with E-state index in [-0.39, 0.29) is 99.5 Å². The van der Waals surface area contributed by atoms with E-state index in [1.807, 2.05) is 0 Å². The molecular formula is C64H47ClF18N18O2. The van der Waals surface area contributed by atoms with Crippen molar-refractivity contribution in [1.29, 1.82) is 0 Å². The van der Waals surface area contributed by atoms with E-state index in [0.717, 1.165) is 67.3 Å². The van der Waals surface area contributed by atoms with E-state index in [4.69, 9.17) is 21.1 Å². The summed E-state index contributed by atoms with van der Waals surface area (Å²) in [5, 5.41) is 19.4. The molecule has 0 radical (unpaired) electrons. The SMILES string of the molecule is Cn1nc(C(F)(F)F)cc1-c1cnc(NCc2c(F)cccc2F)nc1.Cn1nc(C(F)(F)F)cc1-c1cnc(NCc2ccccc2F)nc1.Cn1nc(C(F)(F)F)cc1-c1cnc(OCc2c(F)cccc2Cl)nc1.Cn1nc(C(F)(F)F)cc1-c1cnc(OCc2c(F)cccc2F)nc1. The zero-order chi connectivity index (χ0) is 74.7. The topological polar surface area (TPSA) is 217 Å². The van der Waals surface area contributed by atoms with Crippen LogP contribution in [0.1, 0.15) is 45.0 Å². The van der Waals surface area contributed by atoms with Crippen LogP contribution in [-0.4, -0.2) is 79.0 Å². The van der Waals surface area contributed by atoms with Crippen LogP contribution in [0.4, 0.5) is 90.9 Å². The molecule has 0 aliphatic carbocycles. The van der Waals surface area contributed by atoms with Crippen LogP contribution in [0.2, 0.25) is 5.02 Å². The summed E-state index contributed by atoms with van der Waals surface area (Å²) in [5.41, 5.74) is -1.79. The molecule has 103 heavy (non-hydrogen) atoms. The molecule has 20 nitrogen and oxygen atoms in total. The fourth-order valence-electron chi connectivity index (χ4n) is 8.95. The second-order valence-electron chi connectivity index (χ2n) is 21.2. The highest BCUT2D eigenvalue weighted by molar-refractivity contribution is 6.31. The summed E-state index contributed by atoms with van der Waals surface area (Å²) in [6.45, 7) is -0.603. The van der Waals surface area contributed by atoms with Crippen molar-refractivity contribution in [3.63, 3.8) is 0 Å². The van der Waals surface area contributed by atoms with Gasteiger partial charge in [0.1, 0.15) is 48.1 Å². The van der Waals surface area contributed by atoms with E-state index < -0.39 is 83.2 Å². The first-order chi connectivity index (χ1) is 48.6. The standard InChI is InChI=1S/C16H11ClF4N4O.C16H12F5N5.C16H11F5N4O.C16H13F4N5/c1-25-13(5-14(24-25)16(19,20)21)9-6-22-15(23-7-9)26-8-10-11(17)3-2-4-12(10)18;1-26-13(5-14(25-26)16(19,20)21)9-6-22-15(23-7-9)24-8-10-11(17)3-2-4-12(10)18;1-25-13(5-14(24-25)16(19,20)21)9-6-22-15(23-7-9)26-8-10-11(17)3-2-4-12(10)18;1-25-13(6-14(24-25)16(18,19)20)11-8-22-15(23-9-11)21-7-10-4-2-3-5-12(10)17/h2-7H,8H2,1H3;2-7H,8H2,1H3,(H,22,23,24);2-7H,8H2,1H3;2-6,8-9H,7H2,1H3,(H,21,22,23). The molecule has 538 valence electrons. The zero-order valence-corrected chi connectivity index (χ0v) is 53.7. The van der Waals surface area contributed by atoms with Gasteiger partial charge in [0.25, 0.3) is 0 Å².